The number of hydrogen-bond acceptors (Lipinski definition) is 4. The molecule has 0 bridgehead atoms. The van der Waals surface area contributed by atoms with Crippen molar-refractivity contribution in [2.45, 2.75) is 44.7 Å². The van der Waals surface area contributed by atoms with E-state index in [2.05, 4.69) is 4.98 Å². The van der Waals surface area contributed by atoms with Gasteiger partial charge in [-0.05, 0) is 37.0 Å². The van der Waals surface area contributed by atoms with Gasteiger partial charge in [0.25, 0.3) is 0 Å². The van der Waals surface area contributed by atoms with Crippen molar-refractivity contribution in [3.8, 4) is 0 Å². The van der Waals surface area contributed by atoms with Crippen LogP contribution in [0.15, 0.2) is 41.6 Å². The predicted molar refractivity (Wildman–Crippen MR) is 97.8 cm³/mol. The molecule has 0 fully saturated rings. The number of rotatable bonds is 8. The molecule has 0 unspecified atom stereocenters. The first kappa shape index (κ1) is 19.6. The molecule has 0 spiro atoms. The van der Waals surface area contributed by atoms with Crippen LogP contribution in [-0.2, 0) is 16.6 Å². The van der Waals surface area contributed by atoms with E-state index < -0.39 is 16.1 Å². The van der Waals surface area contributed by atoms with Crippen molar-refractivity contribution >= 4 is 10.0 Å². The number of aliphatic hydroxyl groups is 1. The van der Waals surface area contributed by atoms with Gasteiger partial charge in [0.15, 0.2) is 0 Å². The Morgan fingerprint density at radius 3 is 2.36 bits per heavy atom. The van der Waals surface area contributed by atoms with Crippen LogP contribution in [0.5, 0.6) is 0 Å². The van der Waals surface area contributed by atoms with Gasteiger partial charge in [-0.1, -0.05) is 26.0 Å². The van der Waals surface area contributed by atoms with E-state index in [-0.39, 0.29) is 11.5 Å². The molecule has 1 heterocycles. The van der Waals surface area contributed by atoms with Crippen molar-refractivity contribution in [2.75, 3.05) is 13.7 Å². The highest BCUT2D eigenvalue weighted by molar-refractivity contribution is 7.89. The van der Waals surface area contributed by atoms with Crippen molar-refractivity contribution in [1.82, 2.24) is 13.9 Å². The molecule has 0 amide bonds. The van der Waals surface area contributed by atoms with Gasteiger partial charge >= 0.3 is 0 Å². The largest absolute Gasteiger partial charge is 0.395 e. The lowest BCUT2D eigenvalue weighted by Gasteiger charge is -2.27. The van der Waals surface area contributed by atoms with Gasteiger partial charge in [0.1, 0.15) is 5.82 Å². The predicted octanol–water partition coefficient (Wildman–Crippen LogP) is 2.27. The summed E-state index contributed by atoms with van der Waals surface area (Å²) in [4.78, 5) is 4.42. The molecule has 1 N–H and O–H groups in total. The van der Waals surface area contributed by atoms with E-state index in [0.717, 1.165) is 11.4 Å². The zero-order valence-corrected chi connectivity index (χ0v) is 16.1. The summed E-state index contributed by atoms with van der Waals surface area (Å²) in [5.41, 5.74) is 1.00. The number of likely N-dealkylation sites (N-methyl/N-ethyl adjacent to an activating group) is 1. The van der Waals surface area contributed by atoms with Crippen molar-refractivity contribution in [3.05, 3.63) is 48.0 Å². The van der Waals surface area contributed by atoms with E-state index in [0.29, 0.717) is 18.9 Å². The van der Waals surface area contributed by atoms with Gasteiger partial charge in [-0.3, -0.25) is 0 Å². The number of aliphatic hydroxyl groups excluding tert-OH is 1. The van der Waals surface area contributed by atoms with Crippen LogP contribution in [0.25, 0.3) is 0 Å². The molecular weight excluding hydrogens is 338 g/mol. The van der Waals surface area contributed by atoms with E-state index in [4.69, 9.17) is 0 Å². The van der Waals surface area contributed by atoms with Crippen LogP contribution >= 0.6 is 0 Å². The summed E-state index contributed by atoms with van der Waals surface area (Å²) in [5.74, 6) is 1.21. The molecule has 1 aromatic carbocycles. The highest BCUT2D eigenvalue weighted by Gasteiger charge is 2.28. The lowest BCUT2D eigenvalue weighted by Crippen LogP contribution is -2.40. The normalized spacial score (nSPS) is 13.6. The fourth-order valence-electron chi connectivity index (χ4n) is 2.78. The smallest absolute Gasteiger partial charge is 0.243 e. The number of benzene rings is 1. The zero-order valence-electron chi connectivity index (χ0n) is 15.3. The number of aromatic nitrogens is 2. The van der Waals surface area contributed by atoms with Gasteiger partial charge in [-0.15, -0.1) is 0 Å². The summed E-state index contributed by atoms with van der Waals surface area (Å²) in [5, 5.41) is 9.55. The fraction of sp³-hybridized carbons (Fsp3) is 0.500. The average molecular weight is 365 g/mol. The van der Waals surface area contributed by atoms with Crippen LogP contribution in [0.4, 0.5) is 0 Å². The van der Waals surface area contributed by atoms with E-state index in [1.807, 2.05) is 43.7 Å². The molecule has 2 aromatic rings. The third kappa shape index (κ3) is 4.68. The van der Waals surface area contributed by atoms with Gasteiger partial charge in [0.05, 0.1) is 11.5 Å². The summed E-state index contributed by atoms with van der Waals surface area (Å²) < 4.78 is 28.9. The standard InChI is InChI=1S/C18H27N3O3S/c1-14(2)11-17(13-22)20(4)25(23,24)18-7-5-16(6-8-18)12-21-10-9-19-15(21)3/h5-10,14,17,22H,11-13H2,1-4H3/t17-/m0/s1. The second-order valence-corrected chi connectivity index (χ2v) is 8.73. The third-order valence-electron chi connectivity index (χ3n) is 4.35. The first-order valence-electron chi connectivity index (χ1n) is 8.41. The zero-order chi connectivity index (χ0) is 18.6. The Morgan fingerprint density at radius 2 is 1.88 bits per heavy atom. The second-order valence-electron chi connectivity index (χ2n) is 6.73. The average Bonchev–Trinajstić information content (AvgIpc) is 2.97. The van der Waals surface area contributed by atoms with Gasteiger partial charge in [0, 0.05) is 32.0 Å². The Labute approximate surface area is 150 Å². The Kier molecular flexibility index (Phi) is 6.37. The molecule has 25 heavy (non-hydrogen) atoms. The van der Waals surface area contributed by atoms with E-state index in [9.17, 15) is 13.5 Å². The lowest BCUT2D eigenvalue weighted by molar-refractivity contribution is 0.183. The Balaban J connectivity index is 2.17. The Morgan fingerprint density at radius 1 is 1.24 bits per heavy atom. The Bertz CT molecular complexity index is 782. The maximum Gasteiger partial charge on any atom is 0.243 e. The molecule has 0 saturated heterocycles. The highest BCUT2D eigenvalue weighted by atomic mass is 32.2. The summed E-state index contributed by atoms with van der Waals surface area (Å²) in [6, 6.07) is 6.46. The van der Waals surface area contributed by atoms with Crippen LogP contribution in [0, 0.1) is 12.8 Å². The van der Waals surface area contributed by atoms with Crippen LogP contribution in [0.3, 0.4) is 0 Å². The fourth-order valence-corrected chi connectivity index (χ4v) is 4.14. The van der Waals surface area contributed by atoms with Crippen molar-refractivity contribution < 1.29 is 13.5 Å². The first-order valence-corrected chi connectivity index (χ1v) is 9.85. The van der Waals surface area contributed by atoms with Crippen LogP contribution in [0.2, 0.25) is 0 Å². The van der Waals surface area contributed by atoms with E-state index in [1.165, 1.54) is 11.4 Å². The molecule has 2 rings (SSSR count). The van der Waals surface area contributed by atoms with Crippen molar-refractivity contribution in [3.63, 3.8) is 0 Å². The SMILES string of the molecule is Cc1nccn1Cc1ccc(S(=O)(=O)N(C)[C@H](CO)CC(C)C)cc1. The van der Waals surface area contributed by atoms with Crippen LogP contribution in [-0.4, -0.2) is 47.1 Å². The summed E-state index contributed by atoms with van der Waals surface area (Å²) in [7, 11) is -2.10. The maximum atomic E-state index is 12.8. The molecule has 0 aliphatic heterocycles. The number of aryl methyl sites for hydroxylation is 1. The molecule has 0 aliphatic carbocycles. The van der Waals surface area contributed by atoms with Crippen molar-refractivity contribution in [2.24, 2.45) is 5.92 Å². The number of imidazole rings is 1. The minimum atomic E-state index is -3.63. The molecule has 0 aliphatic rings. The number of nitrogens with zero attached hydrogens (tertiary/aromatic N) is 3. The summed E-state index contributed by atoms with van der Waals surface area (Å²) in [6.45, 7) is 6.41. The molecule has 7 heteroatoms. The topological polar surface area (TPSA) is 75.4 Å². The van der Waals surface area contributed by atoms with Crippen LogP contribution in [0.1, 0.15) is 31.7 Å². The van der Waals surface area contributed by atoms with Crippen LogP contribution < -0.4 is 0 Å². The molecule has 0 saturated carbocycles. The van der Waals surface area contributed by atoms with Gasteiger partial charge in [0.2, 0.25) is 10.0 Å². The number of hydrogen-bond donors (Lipinski definition) is 1. The van der Waals surface area contributed by atoms with Gasteiger partial charge in [-0.2, -0.15) is 4.31 Å². The quantitative estimate of drug-likeness (QED) is 0.779. The third-order valence-corrected chi connectivity index (χ3v) is 6.27. The molecule has 6 nitrogen and oxygen atoms in total. The molecular formula is C18H27N3O3S. The molecule has 1 aromatic heterocycles. The summed E-state index contributed by atoms with van der Waals surface area (Å²) in [6.07, 6.45) is 4.25. The Hall–Kier alpha value is -1.70. The monoisotopic (exact) mass is 365 g/mol. The van der Waals surface area contributed by atoms with Gasteiger partial charge < -0.3 is 9.67 Å². The maximum absolute atomic E-state index is 12.8. The highest BCUT2D eigenvalue weighted by Crippen LogP contribution is 2.21. The molecule has 0 radical (unpaired) electrons. The molecule has 1 atom stereocenters. The van der Waals surface area contributed by atoms with Crippen molar-refractivity contribution in [1.29, 1.82) is 0 Å². The minimum absolute atomic E-state index is 0.189. The van der Waals surface area contributed by atoms with E-state index in [1.54, 1.807) is 18.3 Å². The number of sulfonamides is 1. The second kappa shape index (κ2) is 8.12. The van der Waals surface area contributed by atoms with Gasteiger partial charge in [-0.25, -0.2) is 13.4 Å². The summed E-state index contributed by atoms with van der Waals surface area (Å²) >= 11 is 0. The minimum Gasteiger partial charge on any atom is -0.395 e. The molecule has 138 valence electrons. The van der Waals surface area contributed by atoms with E-state index >= 15 is 0 Å². The lowest BCUT2D eigenvalue weighted by atomic mass is 10.1. The first-order chi connectivity index (χ1) is 11.8.